The van der Waals surface area contributed by atoms with Gasteiger partial charge in [0.05, 0.1) is 6.61 Å². The van der Waals surface area contributed by atoms with Gasteiger partial charge >= 0.3 is 0 Å². The van der Waals surface area contributed by atoms with E-state index in [2.05, 4.69) is 27.4 Å². The summed E-state index contributed by atoms with van der Waals surface area (Å²) in [5.74, 6) is 2.43. The molecule has 0 radical (unpaired) electrons. The molecule has 0 unspecified atom stereocenters. The quantitative estimate of drug-likeness (QED) is 0.466. The fourth-order valence-corrected chi connectivity index (χ4v) is 2.83. The molecule has 1 heterocycles. The van der Waals surface area contributed by atoms with Crippen LogP contribution in [0.15, 0.2) is 35.6 Å². The summed E-state index contributed by atoms with van der Waals surface area (Å²) in [4.78, 5) is 20.1. The number of aromatic nitrogens is 3. The second-order valence-electron chi connectivity index (χ2n) is 7.08. The van der Waals surface area contributed by atoms with Gasteiger partial charge in [-0.2, -0.15) is 0 Å². The van der Waals surface area contributed by atoms with Crippen LogP contribution < -0.4 is 10.1 Å². The maximum absolute atomic E-state index is 12.0. The highest BCUT2D eigenvalue weighted by molar-refractivity contribution is 5.84. The molecule has 9 nitrogen and oxygen atoms in total. The summed E-state index contributed by atoms with van der Waals surface area (Å²) in [6.45, 7) is 6.77. The zero-order chi connectivity index (χ0) is 21.9. The Bertz CT molecular complexity index is 815. The molecule has 0 fully saturated rings. The highest BCUT2D eigenvalue weighted by atomic mass is 16.5. The zero-order valence-electron chi connectivity index (χ0n) is 18.6. The van der Waals surface area contributed by atoms with Crippen molar-refractivity contribution in [1.29, 1.82) is 0 Å². The van der Waals surface area contributed by atoms with Crippen LogP contribution in [0.2, 0.25) is 0 Å². The van der Waals surface area contributed by atoms with E-state index < -0.39 is 0 Å². The summed E-state index contributed by atoms with van der Waals surface area (Å²) in [6, 6.07) is 8.00. The van der Waals surface area contributed by atoms with Crippen LogP contribution in [0.5, 0.6) is 5.75 Å². The van der Waals surface area contributed by atoms with Crippen molar-refractivity contribution in [3.63, 3.8) is 0 Å². The summed E-state index contributed by atoms with van der Waals surface area (Å²) in [7, 11) is 5.42. The van der Waals surface area contributed by atoms with Crippen molar-refractivity contribution in [1.82, 2.24) is 29.9 Å². The van der Waals surface area contributed by atoms with E-state index in [0.29, 0.717) is 32.2 Å². The first-order chi connectivity index (χ1) is 14.4. The van der Waals surface area contributed by atoms with Gasteiger partial charge in [-0.25, -0.2) is 4.99 Å². The molecule has 0 aliphatic heterocycles. The van der Waals surface area contributed by atoms with Gasteiger partial charge < -0.3 is 24.4 Å². The number of aliphatic imine (C=N–C) groups is 1. The van der Waals surface area contributed by atoms with Gasteiger partial charge in [0.15, 0.2) is 5.96 Å². The Morgan fingerprint density at radius 3 is 2.57 bits per heavy atom. The van der Waals surface area contributed by atoms with Crippen LogP contribution in [-0.4, -0.2) is 77.3 Å². The Labute approximate surface area is 178 Å². The predicted octanol–water partition coefficient (Wildman–Crippen LogP) is 1.41. The molecular formula is C21H33N7O2. The number of rotatable bonds is 10. The van der Waals surface area contributed by atoms with Crippen LogP contribution >= 0.6 is 0 Å². The number of hydrogen-bond acceptors (Lipinski definition) is 5. The van der Waals surface area contributed by atoms with Crippen molar-refractivity contribution in [2.45, 2.75) is 33.4 Å². The van der Waals surface area contributed by atoms with Gasteiger partial charge in [-0.1, -0.05) is 19.1 Å². The minimum atomic E-state index is -0.0455. The lowest BCUT2D eigenvalue weighted by Gasteiger charge is -2.23. The average molecular weight is 416 g/mol. The molecule has 0 aliphatic rings. The van der Waals surface area contributed by atoms with E-state index in [0.717, 1.165) is 23.6 Å². The standard InChI is InChI=1S/C21H33N7O2/c1-6-19-25-24-16-28(19)13-12-22-21(23-14-20(29)26(3)4)27(5)15-17-8-10-18(11-9-17)30-7-2/h8-11,16H,6-7,12-15H2,1-5H3,(H,22,23). The number of carbonyl (C=O) groups excluding carboxylic acids is 1. The lowest BCUT2D eigenvalue weighted by molar-refractivity contribution is -0.127. The first-order valence-electron chi connectivity index (χ1n) is 10.2. The summed E-state index contributed by atoms with van der Waals surface area (Å²) in [6.07, 6.45) is 2.56. The van der Waals surface area contributed by atoms with Crippen LogP contribution in [0.25, 0.3) is 0 Å². The van der Waals surface area contributed by atoms with E-state index in [-0.39, 0.29) is 12.5 Å². The third kappa shape index (κ3) is 7.06. The molecule has 9 heteroatoms. The molecule has 1 aromatic heterocycles. The molecule has 1 aromatic carbocycles. The Kier molecular flexibility index (Phi) is 9.11. The van der Waals surface area contributed by atoms with Gasteiger partial charge in [0.25, 0.3) is 0 Å². The van der Waals surface area contributed by atoms with Crippen LogP contribution in [0.1, 0.15) is 25.2 Å². The largest absolute Gasteiger partial charge is 0.494 e. The normalized spacial score (nSPS) is 11.3. The van der Waals surface area contributed by atoms with Crippen LogP contribution in [0, 0.1) is 0 Å². The van der Waals surface area contributed by atoms with Crippen LogP contribution in [-0.2, 0) is 24.3 Å². The number of carbonyl (C=O) groups is 1. The molecule has 0 saturated carbocycles. The first kappa shape index (κ1) is 23.2. The van der Waals surface area contributed by atoms with Gasteiger partial charge in [-0.05, 0) is 24.6 Å². The Morgan fingerprint density at radius 2 is 1.93 bits per heavy atom. The Hall–Kier alpha value is -3.10. The van der Waals surface area contributed by atoms with Gasteiger partial charge in [0.1, 0.15) is 24.4 Å². The van der Waals surface area contributed by atoms with Crippen molar-refractivity contribution in [3.05, 3.63) is 42.0 Å². The molecule has 1 amide bonds. The van der Waals surface area contributed by atoms with Crippen LogP contribution in [0.3, 0.4) is 0 Å². The third-order valence-corrected chi connectivity index (χ3v) is 4.53. The second kappa shape index (κ2) is 11.8. The van der Waals surface area contributed by atoms with Crippen LogP contribution in [0.4, 0.5) is 0 Å². The molecule has 0 spiro atoms. The van der Waals surface area contributed by atoms with Gasteiger partial charge in [-0.3, -0.25) is 4.79 Å². The average Bonchev–Trinajstić information content (AvgIpc) is 3.19. The van der Waals surface area contributed by atoms with E-state index in [1.165, 1.54) is 4.90 Å². The number of nitrogens with one attached hydrogen (secondary N) is 1. The second-order valence-corrected chi connectivity index (χ2v) is 7.08. The van der Waals surface area contributed by atoms with E-state index in [1.807, 2.05) is 47.7 Å². The van der Waals surface area contributed by atoms with Crippen molar-refractivity contribution in [2.24, 2.45) is 4.99 Å². The molecule has 1 N–H and O–H groups in total. The lowest BCUT2D eigenvalue weighted by Crippen LogP contribution is -2.41. The van der Waals surface area contributed by atoms with Crippen molar-refractivity contribution in [3.8, 4) is 5.75 Å². The smallest absolute Gasteiger partial charge is 0.243 e. The maximum Gasteiger partial charge on any atom is 0.243 e. The minimum absolute atomic E-state index is 0.0455. The molecule has 2 rings (SSSR count). The molecular weight excluding hydrogens is 382 g/mol. The summed E-state index contributed by atoms with van der Waals surface area (Å²) in [5.41, 5.74) is 1.13. The zero-order valence-corrected chi connectivity index (χ0v) is 18.6. The summed E-state index contributed by atoms with van der Waals surface area (Å²) >= 11 is 0. The number of likely N-dealkylation sites (N-methyl/N-ethyl adjacent to an activating group) is 1. The number of benzene rings is 1. The Morgan fingerprint density at radius 1 is 1.20 bits per heavy atom. The summed E-state index contributed by atoms with van der Waals surface area (Å²) in [5, 5.41) is 11.4. The molecule has 0 atom stereocenters. The monoisotopic (exact) mass is 415 g/mol. The fourth-order valence-electron chi connectivity index (χ4n) is 2.83. The van der Waals surface area contributed by atoms with Crippen molar-refractivity contribution in [2.75, 3.05) is 40.8 Å². The van der Waals surface area contributed by atoms with E-state index in [4.69, 9.17) is 4.74 Å². The number of guanidine groups is 1. The number of aryl methyl sites for hydroxylation is 1. The third-order valence-electron chi connectivity index (χ3n) is 4.53. The summed E-state index contributed by atoms with van der Waals surface area (Å²) < 4.78 is 7.52. The van der Waals surface area contributed by atoms with E-state index in [1.54, 1.807) is 20.4 Å². The van der Waals surface area contributed by atoms with E-state index in [9.17, 15) is 4.79 Å². The lowest BCUT2D eigenvalue weighted by atomic mass is 10.2. The number of amides is 1. The fraction of sp³-hybridized carbons (Fsp3) is 0.524. The predicted molar refractivity (Wildman–Crippen MR) is 117 cm³/mol. The highest BCUT2D eigenvalue weighted by Crippen LogP contribution is 2.13. The topological polar surface area (TPSA) is 87.9 Å². The molecule has 0 saturated heterocycles. The van der Waals surface area contributed by atoms with Gasteiger partial charge in [0.2, 0.25) is 5.91 Å². The maximum atomic E-state index is 12.0. The number of hydrogen-bond donors (Lipinski definition) is 1. The van der Waals surface area contributed by atoms with E-state index >= 15 is 0 Å². The molecule has 30 heavy (non-hydrogen) atoms. The molecule has 0 bridgehead atoms. The SMILES string of the molecule is CCOc1ccc(CN(C)C(=NCC(=O)N(C)C)NCCn2cnnc2CC)cc1. The Balaban J connectivity index is 2.03. The minimum Gasteiger partial charge on any atom is -0.494 e. The molecule has 164 valence electrons. The molecule has 2 aromatic rings. The number of nitrogens with zero attached hydrogens (tertiary/aromatic N) is 6. The van der Waals surface area contributed by atoms with Gasteiger partial charge in [0, 0.05) is 47.2 Å². The number of ether oxygens (including phenoxy) is 1. The van der Waals surface area contributed by atoms with Crippen molar-refractivity contribution >= 4 is 11.9 Å². The van der Waals surface area contributed by atoms with Gasteiger partial charge in [-0.15, -0.1) is 10.2 Å². The first-order valence-corrected chi connectivity index (χ1v) is 10.2. The van der Waals surface area contributed by atoms with Crippen molar-refractivity contribution < 1.29 is 9.53 Å². The molecule has 0 aliphatic carbocycles. The highest BCUT2D eigenvalue weighted by Gasteiger charge is 2.10.